The second-order valence-electron chi connectivity index (χ2n) is 6.37. The van der Waals surface area contributed by atoms with Gasteiger partial charge in [0.15, 0.2) is 0 Å². The topological polar surface area (TPSA) is 84.3 Å². The highest BCUT2D eigenvalue weighted by atomic mass is 32.2. The standard InChI is InChI=1S/C17H22N4O3S/c1-12-6-8-14(9-7-12)25(23,24)21-10-4-5-15(21)17(22)18-16-11-13(2)19-20(16)3/h6-9,11,15H,4-5,10H2,1-3H3,(H,18,22). The van der Waals surface area contributed by atoms with E-state index in [4.69, 9.17) is 0 Å². The molecule has 1 aliphatic heterocycles. The number of hydrogen-bond acceptors (Lipinski definition) is 4. The molecule has 1 atom stereocenters. The number of benzene rings is 1. The van der Waals surface area contributed by atoms with Gasteiger partial charge in [0, 0.05) is 19.7 Å². The number of nitrogens with zero attached hydrogens (tertiary/aromatic N) is 3. The fourth-order valence-corrected chi connectivity index (χ4v) is 4.73. The van der Waals surface area contributed by atoms with Gasteiger partial charge in [-0.05, 0) is 38.8 Å². The maximum absolute atomic E-state index is 12.9. The summed E-state index contributed by atoms with van der Waals surface area (Å²) in [5.74, 6) is 0.235. The van der Waals surface area contributed by atoms with Crippen LogP contribution in [0.3, 0.4) is 0 Å². The van der Waals surface area contributed by atoms with Crippen LogP contribution in [0.2, 0.25) is 0 Å². The number of hydrogen-bond donors (Lipinski definition) is 1. The first-order valence-corrected chi connectivity index (χ1v) is 9.63. The quantitative estimate of drug-likeness (QED) is 0.899. The van der Waals surface area contributed by atoms with Crippen molar-refractivity contribution in [3.05, 3.63) is 41.6 Å². The third-order valence-electron chi connectivity index (χ3n) is 4.39. The Kier molecular flexibility index (Phi) is 4.66. The molecule has 0 saturated carbocycles. The molecule has 0 bridgehead atoms. The van der Waals surface area contributed by atoms with Gasteiger partial charge in [-0.1, -0.05) is 17.7 Å². The number of nitrogens with one attached hydrogen (secondary N) is 1. The van der Waals surface area contributed by atoms with Crippen molar-refractivity contribution >= 4 is 21.7 Å². The average Bonchev–Trinajstić information content (AvgIpc) is 3.15. The molecule has 7 nitrogen and oxygen atoms in total. The van der Waals surface area contributed by atoms with Crippen molar-refractivity contribution in [1.29, 1.82) is 0 Å². The van der Waals surface area contributed by atoms with Gasteiger partial charge in [0.25, 0.3) is 0 Å². The SMILES string of the molecule is Cc1ccc(S(=O)(=O)N2CCCC2C(=O)Nc2cc(C)nn2C)cc1. The van der Waals surface area contributed by atoms with E-state index in [9.17, 15) is 13.2 Å². The van der Waals surface area contributed by atoms with Gasteiger partial charge in [0.1, 0.15) is 11.9 Å². The Morgan fingerprint density at radius 1 is 1.24 bits per heavy atom. The Hall–Kier alpha value is -2.19. The number of amides is 1. The maximum Gasteiger partial charge on any atom is 0.243 e. The maximum atomic E-state index is 12.9. The molecular formula is C17H22N4O3S. The number of sulfonamides is 1. The lowest BCUT2D eigenvalue weighted by atomic mass is 10.2. The Bertz CT molecular complexity index is 887. The number of rotatable bonds is 4. The summed E-state index contributed by atoms with van der Waals surface area (Å²) >= 11 is 0. The van der Waals surface area contributed by atoms with Gasteiger partial charge in [-0.2, -0.15) is 9.40 Å². The largest absolute Gasteiger partial charge is 0.310 e. The van der Waals surface area contributed by atoms with E-state index in [1.165, 1.54) is 4.31 Å². The van der Waals surface area contributed by atoms with Crippen LogP contribution >= 0.6 is 0 Å². The van der Waals surface area contributed by atoms with Gasteiger partial charge in [-0.3, -0.25) is 9.48 Å². The molecule has 1 fully saturated rings. The molecular weight excluding hydrogens is 340 g/mol. The Morgan fingerprint density at radius 3 is 2.52 bits per heavy atom. The summed E-state index contributed by atoms with van der Waals surface area (Å²) in [5, 5.41) is 6.98. The fraction of sp³-hybridized carbons (Fsp3) is 0.412. The van der Waals surface area contributed by atoms with Crippen LogP contribution in [0.25, 0.3) is 0 Å². The van der Waals surface area contributed by atoms with Crippen molar-refractivity contribution in [3.8, 4) is 0 Å². The van der Waals surface area contributed by atoms with Crippen LogP contribution in [0, 0.1) is 13.8 Å². The molecule has 1 unspecified atom stereocenters. The summed E-state index contributed by atoms with van der Waals surface area (Å²) in [4.78, 5) is 12.9. The Labute approximate surface area is 147 Å². The van der Waals surface area contributed by atoms with Gasteiger partial charge < -0.3 is 5.32 Å². The molecule has 3 rings (SSSR count). The summed E-state index contributed by atoms with van der Waals surface area (Å²) in [7, 11) is -1.96. The second kappa shape index (κ2) is 6.61. The van der Waals surface area contributed by atoms with Crippen LogP contribution in [0.1, 0.15) is 24.1 Å². The predicted octanol–water partition coefficient (Wildman–Crippen LogP) is 1.83. The van der Waals surface area contributed by atoms with Gasteiger partial charge in [0.2, 0.25) is 15.9 Å². The summed E-state index contributed by atoms with van der Waals surface area (Å²) in [6, 6.07) is 7.74. The summed E-state index contributed by atoms with van der Waals surface area (Å²) in [5.41, 5.74) is 1.77. The molecule has 25 heavy (non-hydrogen) atoms. The van der Waals surface area contributed by atoms with Gasteiger partial charge >= 0.3 is 0 Å². The minimum Gasteiger partial charge on any atom is -0.310 e. The van der Waals surface area contributed by atoms with Gasteiger partial charge in [-0.15, -0.1) is 0 Å². The van der Waals surface area contributed by atoms with E-state index in [1.54, 1.807) is 42.1 Å². The molecule has 1 aromatic carbocycles. The van der Waals surface area contributed by atoms with Crippen molar-refractivity contribution < 1.29 is 13.2 Å². The second-order valence-corrected chi connectivity index (χ2v) is 8.26. The van der Waals surface area contributed by atoms with E-state index in [0.717, 1.165) is 11.3 Å². The lowest BCUT2D eigenvalue weighted by molar-refractivity contribution is -0.119. The lowest BCUT2D eigenvalue weighted by Gasteiger charge is -2.23. The summed E-state index contributed by atoms with van der Waals surface area (Å²) in [6.07, 6.45) is 1.17. The average molecular weight is 362 g/mol. The van der Waals surface area contributed by atoms with Crippen LogP contribution < -0.4 is 5.32 Å². The van der Waals surface area contributed by atoms with Crippen molar-refractivity contribution in [2.75, 3.05) is 11.9 Å². The van der Waals surface area contributed by atoms with Crippen molar-refractivity contribution in [3.63, 3.8) is 0 Å². The van der Waals surface area contributed by atoms with Crippen molar-refractivity contribution in [2.24, 2.45) is 7.05 Å². The molecule has 134 valence electrons. The highest BCUT2D eigenvalue weighted by Gasteiger charge is 2.39. The molecule has 1 saturated heterocycles. The molecule has 1 aromatic heterocycles. The molecule has 2 heterocycles. The highest BCUT2D eigenvalue weighted by Crippen LogP contribution is 2.27. The molecule has 1 N–H and O–H groups in total. The monoisotopic (exact) mass is 362 g/mol. The molecule has 2 aromatic rings. The van der Waals surface area contributed by atoms with E-state index in [2.05, 4.69) is 10.4 Å². The zero-order valence-electron chi connectivity index (χ0n) is 14.6. The molecule has 1 aliphatic rings. The fourth-order valence-electron chi connectivity index (χ4n) is 3.07. The Balaban J connectivity index is 1.83. The third kappa shape index (κ3) is 3.45. The number of anilines is 1. The number of aromatic nitrogens is 2. The zero-order valence-corrected chi connectivity index (χ0v) is 15.4. The van der Waals surface area contributed by atoms with E-state index >= 15 is 0 Å². The van der Waals surface area contributed by atoms with Gasteiger partial charge in [-0.25, -0.2) is 8.42 Å². The molecule has 8 heteroatoms. The van der Waals surface area contributed by atoms with Crippen LogP contribution in [-0.2, 0) is 21.9 Å². The van der Waals surface area contributed by atoms with Crippen LogP contribution in [-0.4, -0.2) is 41.0 Å². The molecule has 0 aliphatic carbocycles. The molecule has 0 spiro atoms. The van der Waals surface area contributed by atoms with E-state index in [1.807, 2.05) is 13.8 Å². The van der Waals surface area contributed by atoms with Crippen LogP contribution in [0.4, 0.5) is 5.82 Å². The normalized spacial score (nSPS) is 18.4. The van der Waals surface area contributed by atoms with E-state index < -0.39 is 16.1 Å². The van der Waals surface area contributed by atoms with Crippen molar-refractivity contribution in [1.82, 2.24) is 14.1 Å². The van der Waals surface area contributed by atoms with Crippen LogP contribution in [0.5, 0.6) is 0 Å². The Morgan fingerprint density at radius 2 is 1.92 bits per heavy atom. The van der Waals surface area contributed by atoms with E-state index in [-0.39, 0.29) is 10.8 Å². The van der Waals surface area contributed by atoms with Crippen LogP contribution in [0.15, 0.2) is 35.2 Å². The zero-order chi connectivity index (χ0) is 18.2. The minimum absolute atomic E-state index is 0.217. The first kappa shape index (κ1) is 17.6. The smallest absolute Gasteiger partial charge is 0.243 e. The predicted molar refractivity (Wildman–Crippen MR) is 94.7 cm³/mol. The lowest BCUT2D eigenvalue weighted by Crippen LogP contribution is -2.43. The number of carbonyl (C=O) groups excluding carboxylic acids is 1. The summed E-state index contributed by atoms with van der Waals surface area (Å²) < 4.78 is 28.7. The number of aryl methyl sites for hydroxylation is 3. The van der Waals surface area contributed by atoms with Crippen molar-refractivity contribution in [2.45, 2.75) is 37.6 Å². The molecule has 1 amide bonds. The third-order valence-corrected chi connectivity index (χ3v) is 6.31. The summed E-state index contributed by atoms with van der Waals surface area (Å²) in [6.45, 7) is 4.08. The number of carbonyl (C=O) groups is 1. The minimum atomic E-state index is -3.70. The first-order chi connectivity index (χ1) is 11.8. The van der Waals surface area contributed by atoms with E-state index in [0.29, 0.717) is 25.2 Å². The van der Waals surface area contributed by atoms with Gasteiger partial charge in [0.05, 0.1) is 10.6 Å². The first-order valence-electron chi connectivity index (χ1n) is 8.19. The molecule has 0 radical (unpaired) electrons. The highest BCUT2D eigenvalue weighted by molar-refractivity contribution is 7.89.